The Morgan fingerprint density at radius 3 is 2.39 bits per heavy atom. The van der Waals surface area contributed by atoms with E-state index in [-0.39, 0.29) is 22.4 Å². The number of carbonyl (C=O) groups excluding carboxylic acids is 2. The monoisotopic (exact) mass is 527 g/mol. The number of aromatic nitrogens is 3. The van der Waals surface area contributed by atoms with Crippen LogP contribution >= 0.6 is 11.6 Å². The lowest BCUT2D eigenvalue weighted by molar-refractivity contribution is -0.577. The van der Waals surface area contributed by atoms with E-state index in [1.54, 1.807) is 47.3 Å². The number of nitrogens with zero attached hydrogens (tertiary/aromatic N) is 3. The van der Waals surface area contributed by atoms with Gasteiger partial charge in [0.25, 0.3) is 17.2 Å². The average molecular weight is 528 g/mol. The maximum absolute atomic E-state index is 14.1. The molecule has 2 amide bonds. The zero-order chi connectivity index (χ0) is 27.1. The minimum absolute atomic E-state index is 0.0683. The Kier molecular flexibility index (Phi) is 6.63. The Labute approximate surface area is 225 Å². The summed E-state index contributed by atoms with van der Waals surface area (Å²) in [6.45, 7) is 7.83. The molecule has 8 heteroatoms. The van der Waals surface area contributed by atoms with Gasteiger partial charge in [0.1, 0.15) is 5.57 Å². The van der Waals surface area contributed by atoms with Crippen molar-refractivity contribution < 1.29 is 14.2 Å². The van der Waals surface area contributed by atoms with Gasteiger partial charge in [-0.3, -0.25) is 19.5 Å². The molecule has 0 fully saturated rings. The van der Waals surface area contributed by atoms with Crippen molar-refractivity contribution in [2.45, 2.75) is 40.5 Å². The van der Waals surface area contributed by atoms with E-state index in [0.717, 1.165) is 28.0 Å². The van der Waals surface area contributed by atoms with Gasteiger partial charge in [-0.15, -0.1) is 0 Å². The molecule has 0 bridgehead atoms. The van der Waals surface area contributed by atoms with Gasteiger partial charge in [0, 0.05) is 22.3 Å². The van der Waals surface area contributed by atoms with Gasteiger partial charge in [-0.1, -0.05) is 48.7 Å². The highest BCUT2D eigenvalue weighted by Gasteiger charge is 2.48. The van der Waals surface area contributed by atoms with Crippen molar-refractivity contribution in [3.8, 4) is 5.69 Å². The average Bonchev–Trinajstić information content (AvgIpc) is 3.31. The third-order valence-corrected chi connectivity index (χ3v) is 6.88. The van der Waals surface area contributed by atoms with E-state index >= 15 is 0 Å². The number of hydrogen-bond donors (Lipinski definition) is 1. The molecule has 2 aromatic heterocycles. The van der Waals surface area contributed by atoms with E-state index in [1.807, 2.05) is 52.0 Å². The van der Waals surface area contributed by atoms with Gasteiger partial charge in [0.2, 0.25) is 0 Å². The predicted octanol–water partition coefficient (Wildman–Crippen LogP) is 4.93. The highest BCUT2D eigenvalue weighted by atomic mass is 35.5. The van der Waals surface area contributed by atoms with E-state index < -0.39 is 11.8 Å². The lowest BCUT2D eigenvalue weighted by Crippen LogP contribution is -2.39. The number of amides is 2. The van der Waals surface area contributed by atoms with Crippen LogP contribution in [0.25, 0.3) is 17.0 Å². The van der Waals surface area contributed by atoms with Gasteiger partial charge in [-0.05, 0) is 63.1 Å². The molecule has 0 saturated carbocycles. The molecule has 3 heterocycles. The van der Waals surface area contributed by atoms with Crippen molar-refractivity contribution in [3.63, 3.8) is 0 Å². The first-order valence-corrected chi connectivity index (χ1v) is 12.9. The van der Waals surface area contributed by atoms with Crippen molar-refractivity contribution in [2.75, 3.05) is 4.90 Å². The van der Waals surface area contributed by atoms with Crippen LogP contribution in [-0.2, 0) is 16.0 Å². The van der Waals surface area contributed by atoms with Gasteiger partial charge >= 0.3 is 5.91 Å². The van der Waals surface area contributed by atoms with E-state index in [9.17, 15) is 14.4 Å². The Bertz CT molecular complexity index is 1700. The zero-order valence-electron chi connectivity index (χ0n) is 21.7. The molecule has 0 spiro atoms. The van der Waals surface area contributed by atoms with Gasteiger partial charge in [0.15, 0.2) is 12.4 Å². The maximum Gasteiger partial charge on any atom is 0.331 e. The fraction of sp³-hybridized carbons (Fsp3) is 0.200. The third kappa shape index (κ3) is 4.29. The number of nitrogens with one attached hydrogen (secondary N) is 1. The first-order valence-electron chi connectivity index (χ1n) is 12.5. The smallest absolute Gasteiger partial charge is 0.294 e. The number of hydrogen-bond acceptors (Lipinski definition) is 3. The highest BCUT2D eigenvalue weighted by molar-refractivity contribution is 6.53. The molecular weight excluding hydrogens is 500 g/mol. The fourth-order valence-corrected chi connectivity index (χ4v) is 5.15. The summed E-state index contributed by atoms with van der Waals surface area (Å²) in [5.74, 6) is -1.09. The lowest BCUT2D eigenvalue weighted by atomic mass is 10.0. The quantitative estimate of drug-likeness (QED) is 0.285. The Hall–Kier alpha value is -4.23. The van der Waals surface area contributed by atoms with E-state index in [0.29, 0.717) is 28.5 Å². The molecule has 0 radical (unpaired) electrons. The largest absolute Gasteiger partial charge is 0.331 e. The van der Waals surface area contributed by atoms with Gasteiger partial charge in [-0.2, -0.15) is 4.57 Å². The van der Waals surface area contributed by atoms with Crippen LogP contribution in [0, 0.1) is 20.8 Å². The number of H-pyrrole nitrogens is 1. The molecule has 1 aliphatic heterocycles. The molecule has 2 aromatic carbocycles. The molecular formula is C30H28ClN4O3+. The summed E-state index contributed by atoms with van der Waals surface area (Å²) in [4.78, 5) is 43.2. The van der Waals surface area contributed by atoms with Crippen LogP contribution in [0.4, 0.5) is 5.69 Å². The number of halogens is 1. The van der Waals surface area contributed by atoms with Crippen LogP contribution in [0.1, 0.15) is 41.3 Å². The summed E-state index contributed by atoms with van der Waals surface area (Å²) in [5, 5.41) is 3.64. The molecule has 0 aliphatic carbocycles. The first kappa shape index (κ1) is 25.4. The Morgan fingerprint density at radius 2 is 1.71 bits per heavy atom. The normalized spacial score (nSPS) is 13.7. The Balaban J connectivity index is 1.80. The van der Waals surface area contributed by atoms with Crippen LogP contribution in [0.2, 0.25) is 5.02 Å². The first-order chi connectivity index (χ1) is 18.2. The molecule has 7 nitrogen and oxygen atoms in total. The molecule has 0 saturated heterocycles. The summed E-state index contributed by atoms with van der Waals surface area (Å²) < 4.78 is 3.10. The van der Waals surface area contributed by atoms with Crippen LogP contribution in [0.5, 0.6) is 0 Å². The molecule has 192 valence electrons. The third-order valence-electron chi connectivity index (χ3n) is 6.64. The molecule has 0 unspecified atom stereocenters. The number of pyridine rings is 1. The van der Waals surface area contributed by atoms with E-state index in [4.69, 9.17) is 11.6 Å². The summed E-state index contributed by atoms with van der Waals surface area (Å²) >= 11 is 6.21. The number of benzene rings is 2. The summed E-state index contributed by atoms with van der Waals surface area (Å²) in [7, 11) is 0. The minimum Gasteiger partial charge on any atom is -0.294 e. The van der Waals surface area contributed by atoms with E-state index in [2.05, 4.69) is 5.10 Å². The number of aryl methyl sites for hydroxylation is 4. The van der Waals surface area contributed by atoms with Crippen molar-refractivity contribution in [1.29, 1.82) is 0 Å². The minimum atomic E-state index is -0.567. The van der Waals surface area contributed by atoms with Crippen molar-refractivity contribution in [2.24, 2.45) is 0 Å². The Morgan fingerprint density at radius 1 is 0.921 bits per heavy atom. The summed E-state index contributed by atoms with van der Waals surface area (Å²) in [6.07, 6.45) is 4.75. The van der Waals surface area contributed by atoms with Gasteiger partial charge < -0.3 is 0 Å². The predicted molar refractivity (Wildman–Crippen MR) is 148 cm³/mol. The second-order valence-electron chi connectivity index (χ2n) is 9.58. The molecule has 38 heavy (non-hydrogen) atoms. The molecule has 1 N–H and O–H groups in total. The SMILES string of the molecule is CCCc1[nH]n(-c2ccc(C)cc2C)c(=O)c1C1=C([n+]2cccc(C)c2)C(=O)N(c2cccc(Cl)c2)C1=O. The maximum atomic E-state index is 14.1. The number of aromatic amines is 1. The lowest BCUT2D eigenvalue weighted by Gasteiger charge is -2.14. The van der Waals surface area contributed by atoms with Gasteiger partial charge in [0.05, 0.1) is 16.9 Å². The highest BCUT2D eigenvalue weighted by Crippen LogP contribution is 2.34. The van der Waals surface area contributed by atoms with Crippen molar-refractivity contribution >= 4 is 40.4 Å². The van der Waals surface area contributed by atoms with Crippen LogP contribution < -0.4 is 15.0 Å². The molecule has 4 aromatic rings. The topological polar surface area (TPSA) is 79.1 Å². The zero-order valence-corrected chi connectivity index (χ0v) is 22.5. The standard InChI is InChI=1S/C30H27ClN4O3/c1-5-8-23-25(29(37)35(32-23)24-13-12-18(2)15-20(24)4)26-27(33-14-7-9-19(3)17-33)30(38)34(28(26)36)22-11-6-10-21(31)16-22/h6-7,9-17H,5,8H2,1-4H3/p+1. The van der Waals surface area contributed by atoms with E-state index in [1.165, 1.54) is 4.68 Å². The number of rotatable bonds is 6. The van der Waals surface area contributed by atoms with Crippen LogP contribution in [0.15, 0.2) is 71.8 Å². The second-order valence-corrected chi connectivity index (χ2v) is 10.0. The van der Waals surface area contributed by atoms with Crippen LogP contribution in [0.3, 0.4) is 0 Å². The summed E-state index contributed by atoms with van der Waals surface area (Å²) in [6, 6.07) is 16.1. The molecule has 0 atom stereocenters. The van der Waals surface area contributed by atoms with Crippen molar-refractivity contribution in [3.05, 3.63) is 110 Å². The van der Waals surface area contributed by atoms with Gasteiger partial charge in [-0.25, -0.2) is 9.58 Å². The summed E-state index contributed by atoms with van der Waals surface area (Å²) in [5.41, 5.74) is 4.55. The number of imide groups is 1. The molecule has 1 aliphatic rings. The molecule has 5 rings (SSSR count). The van der Waals surface area contributed by atoms with Crippen LogP contribution in [-0.4, -0.2) is 21.6 Å². The number of carbonyl (C=O) groups is 2. The number of anilines is 1. The fourth-order valence-electron chi connectivity index (χ4n) is 4.96. The second kappa shape index (κ2) is 9.91. The van der Waals surface area contributed by atoms with Crippen molar-refractivity contribution in [1.82, 2.24) is 9.78 Å².